The van der Waals surface area contributed by atoms with Crippen LogP contribution in [0.25, 0.3) is 10.9 Å². The number of anilines is 1. The van der Waals surface area contributed by atoms with Gasteiger partial charge in [0.05, 0.1) is 17.4 Å². The third kappa shape index (κ3) is 2.66. The van der Waals surface area contributed by atoms with Crippen molar-refractivity contribution in [2.45, 2.75) is 19.3 Å². The summed E-state index contributed by atoms with van der Waals surface area (Å²) in [5, 5.41) is 9.53. The minimum Gasteiger partial charge on any atom is -0.369 e. The SMILES string of the molecule is ClCCC1CCCN(c2cnnc3ccccc23)C1. The van der Waals surface area contributed by atoms with Crippen LogP contribution in [-0.2, 0) is 0 Å². The van der Waals surface area contributed by atoms with Crippen molar-refractivity contribution in [3.8, 4) is 0 Å². The van der Waals surface area contributed by atoms with E-state index in [0.29, 0.717) is 5.92 Å². The maximum atomic E-state index is 5.88. The highest BCUT2D eigenvalue weighted by Gasteiger charge is 2.21. The largest absolute Gasteiger partial charge is 0.369 e. The van der Waals surface area contributed by atoms with Gasteiger partial charge in [0, 0.05) is 24.4 Å². The quantitative estimate of drug-likeness (QED) is 0.803. The number of benzene rings is 1. The van der Waals surface area contributed by atoms with E-state index in [9.17, 15) is 0 Å². The molecule has 2 aromatic rings. The maximum absolute atomic E-state index is 5.88. The number of fused-ring (bicyclic) bond motifs is 1. The van der Waals surface area contributed by atoms with Crippen LogP contribution in [0.5, 0.6) is 0 Å². The van der Waals surface area contributed by atoms with Gasteiger partial charge in [-0.25, -0.2) is 0 Å². The molecule has 1 unspecified atom stereocenters. The van der Waals surface area contributed by atoms with Crippen molar-refractivity contribution in [3.05, 3.63) is 30.5 Å². The molecule has 0 bridgehead atoms. The molecule has 1 atom stereocenters. The van der Waals surface area contributed by atoms with Crippen LogP contribution in [0.1, 0.15) is 19.3 Å². The topological polar surface area (TPSA) is 29.0 Å². The second kappa shape index (κ2) is 5.74. The molecule has 0 spiro atoms. The zero-order valence-corrected chi connectivity index (χ0v) is 11.7. The van der Waals surface area contributed by atoms with Gasteiger partial charge in [-0.05, 0) is 31.2 Å². The molecule has 0 aliphatic carbocycles. The zero-order chi connectivity index (χ0) is 13.1. The molecule has 1 aromatic carbocycles. The number of alkyl halides is 1. The van der Waals surface area contributed by atoms with Crippen molar-refractivity contribution < 1.29 is 0 Å². The molecule has 0 saturated carbocycles. The van der Waals surface area contributed by atoms with Gasteiger partial charge in [-0.3, -0.25) is 0 Å². The van der Waals surface area contributed by atoms with Crippen LogP contribution in [0.2, 0.25) is 0 Å². The number of hydrogen-bond donors (Lipinski definition) is 0. The van der Waals surface area contributed by atoms with Crippen molar-refractivity contribution >= 4 is 28.2 Å². The summed E-state index contributed by atoms with van der Waals surface area (Å²) in [7, 11) is 0. The molecule has 2 heterocycles. The molecule has 3 rings (SSSR count). The van der Waals surface area contributed by atoms with Gasteiger partial charge in [0.15, 0.2) is 0 Å². The van der Waals surface area contributed by atoms with E-state index in [1.807, 2.05) is 18.3 Å². The van der Waals surface area contributed by atoms with Gasteiger partial charge in [0.1, 0.15) is 0 Å². The average Bonchev–Trinajstić information content (AvgIpc) is 2.47. The van der Waals surface area contributed by atoms with E-state index in [4.69, 9.17) is 11.6 Å². The third-order valence-electron chi connectivity index (χ3n) is 3.90. The fourth-order valence-electron chi connectivity index (χ4n) is 2.92. The van der Waals surface area contributed by atoms with Crippen LogP contribution in [-0.4, -0.2) is 29.2 Å². The summed E-state index contributed by atoms with van der Waals surface area (Å²) in [5.74, 6) is 1.46. The Balaban J connectivity index is 1.91. The highest BCUT2D eigenvalue weighted by Crippen LogP contribution is 2.29. The third-order valence-corrected chi connectivity index (χ3v) is 4.12. The first kappa shape index (κ1) is 12.7. The smallest absolute Gasteiger partial charge is 0.0950 e. The molecule has 19 heavy (non-hydrogen) atoms. The van der Waals surface area contributed by atoms with Crippen LogP contribution in [0.4, 0.5) is 5.69 Å². The van der Waals surface area contributed by atoms with Crippen molar-refractivity contribution in [2.75, 3.05) is 23.9 Å². The van der Waals surface area contributed by atoms with Crippen molar-refractivity contribution in [1.29, 1.82) is 0 Å². The summed E-state index contributed by atoms with van der Waals surface area (Å²) in [6.45, 7) is 2.19. The minimum atomic E-state index is 0.707. The molecule has 0 radical (unpaired) electrons. The summed E-state index contributed by atoms with van der Waals surface area (Å²) in [5.41, 5.74) is 2.18. The Kier molecular flexibility index (Phi) is 3.83. The lowest BCUT2D eigenvalue weighted by atomic mass is 9.95. The number of aromatic nitrogens is 2. The molecular weight excluding hydrogens is 258 g/mol. The minimum absolute atomic E-state index is 0.707. The van der Waals surface area contributed by atoms with Crippen LogP contribution in [0.3, 0.4) is 0 Å². The van der Waals surface area contributed by atoms with Crippen molar-refractivity contribution in [2.24, 2.45) is 5.92 Å². The average molecular weight is 276 g/mol. The molecule has 1 aromatic heterocycles. The number of hydrogen-bond acceptors (Lipinski definition) is 3. The maximum Gasteiger partial charge on any atom is 0.0950 e. The van der Waals surface area contributed by atoms with E-state index < -0.39 is 0 Å². The predicted molar refractivity (Wildman–Crippen MR) is 79.8 cm³/mol. The van der Waals surface area contributed by atoms with Crippen molar-refractivity contribution in [1.82, 2.24) is 10.2 Å². The van der Waals surface area contributed by atoms with E-state index in [1.54, 1.807) is 0 Å². The summed E-state index contributed by atoms with van der Waals surface area (Å²) in [4.78, 5) is 2.44. The fraction of sp³-hybridized carbons (Fsp3) is 0.467. The molecule has 3 nitrogen and oxygen atoms in total. The van der Waals surface area contributed by atoms with E-state index in [0.717, 1.165) is 30.9 Å². The van der Waals surface area contributed by atoms with E-state index >= 15 is 0 Å². The summed E-state index contributed by atoms with van der Waals surface area (Å²) < 4.78 is 0. The number of halogens is 1. The highest BCUT2D eigenvalue weighted by atomic mass is 35.5. The number of piperidine rings is 1. The molecule has 1 aliphatic heterocycles. The Morgan fingerprint density at radius 3 is 3.11 bits per heavy atom. The zero-order valence-electron chi connectivity index (χ0n) is 10.9. The molecule has 1 saturated heterocycles. The second-order valence-electron chi connectivity index (χ2n) is 5.18. The number of rotatable bonds is 3. The van der Waals surface area contributed by atoms with Gasteiger partial charge in [0.25, 0.3) is 0 Å². The van der Waals surface area contributed by atoms with E-state index in [1.165, 1.54) is 23.9 Å². The molecule has 100 valence electrons. The Morgan fingerprint density at radius 1 is 1.32 bits per heavy atom. The van der Waals surface area contributed by atoms with Gasteiger partial charge < -0.3 is 4.90 Å². The second-order valence-corrected chi connectivity index (χ2v) is 5.56. The molecule has 1 fully saturated rings. The lowest BCUT2D eigenvalue weighted by Crippen LogP contribution is -2.35. The normalized spacial score (nSPS) is 19.8. The Morgan fingerprint density at radius 2 is 2.21 bits per heavy atom. The summed E-state index contributed by atoms with van der Waals surface area (Å²) >= 11 is 5.88. The fourth-order valence-corrected chi connectivity index (χ4v) is 3.23. The van der Waals surface area contributed by atoms with Crippen LogP contribution in [0, 0.1) is 5.92 Å². The Labute approximate surface area is 118 Å². The predicted octanol–water partition coefficient (Wildman–Crippen LogP) is 3.48. The monoisotopic (exact) mass is 275 g/mol. The van der Waals surface area contributed by atoms with Gasteiger partial charge in [0.2, 0.25) is 0 Å². The molecule has 4 heteroatoms. The van der Waals surface area contributed by atoms with Gasteiger partial charge in [-0.1, -0.05) is 18.2 Å². The first-order valence-electron chi connectivity index (χ1n) is 6.90. The standard InChI is InChI=1S/C15H18ClN3/c16-8-7-12-4-3-9-19(11-12)15-10-17-18-14-6-2-1-5-13(14)15/h1-2,5-6,10,12H,3-4,7-9,11H2. The van der Waals surface area contributed by atoms with Crippen LogP contribution < -0.4 is 4.90 Å². The van der Waals surface area contributed by atoms with Crippen molar-refractivity contribution in [3.63, 3.8) is 0 Å². The van der Waals surface area contributed by atoms with Crippen LogP contribution in [0.15, 0.2) is 30.5 Å². The first-order valence-corrected chi connectivity index (χ1v) is 7.43. The lowest BCUT2D eigenvalue weighted by Gasteiger charge is -2.34. The van der Waals surface area contributed by atoms with Crippen LogP contribution >= 0.6 is 11.6 Å². The lowest BCUT2D eigenvalue weighted by molar-refractivity contribution is 0.406. The van der Waals surface area contributed by atoms with E-state index in [-0.39, 0.29) is 0 Å². The first-order chi connectivity index (χ1) is 9.38. The van der Waals surface area contributed by atoms with Gasteiger partial charge in [-0.15, -0.1) is 11.6 Å². The molecule has 0 amide bonds. The molecular formula is C15H18ClN3. The Bertz CT molecular complexity index is 551. The summed E-state index contributed by atoms with van der Waals surface area (Å²) in [6.07, 6.45) is 5.53. The molecule has 0 N–H and O–H groups in total. The van der Waals surface area contributed by atoms with Gasteiger partial charge >= 0.3 is 0 Å². The Hall–Kier alpha value is -1.35. The van der Waals surface area contributed by atoms with E-state index in [2.05, 4.69) is 27.2 Å². The number of nitrogens with zero attached hydrogens (tertiary/aromatic N) is 3. The molecule has 1 aliphatic rings. The highest BCUT2D eigenvalue weighted by molar-refractivity contribution is 6.17. The van der Waals surface area contributed by atoms with Gasteiger partial charge in [-0.2, -0.15) is 10.2 Å². The summed E-state index contributed by atoms with van der Waals surface area (Å²) in [6, 6.07) is 8.22.